The second-order valence-corrected chi connectivity index (χ2v) is 7.14. The highest BCUT2D eigenvalue weighted by Gasteiger charge is 2.15. The molecule has 124 valence electrons. The van der Waals surface area contributed by atoms with Gasteiger partial charge < -0.3 is 15.4 Å². The van der Waals surface area contributed by atoms with Crippen molar-refractivity contribution < 1.29 is 9.53 Å². The summed E-state index contributed by atoms with van der Waals surface area (Å²) >= 11 is 1.66. The SMILES string of the molecule is CC(C)(C)OC(=O)NCc1cccc(NCCc2nccs2)c1. The van der Waals surface area contributed by atoms with Gasteiger partial charge >= 0.3 is 6.09 Å². The van der Waals surface area contributed by atoms with Crippen molar-refractivity contribution in [3.05, 3.63) is 46.4 Å². The molecule has 0 saturated heterocycles. The standard InChI is InChI=1S/C17H23N3O2S/c1-17(2,3)22-16(21)20-12-13-5-4-6-14(11-13)18-8-7-15-19-9-10-23-15/h4-6,9-11,18H,7-8,12H2,1-3H3,(H,20,21). The zero-order valence-corrected chi connectivity index (χ0v) is 14.6. The first-order valence-corrected chi connectivity index (χ1v) is 8.48. The van der Waals surface area contributed by atoms with Gasteiger partial charge in [0.25, 0.3) is 0 Å². The summed E-state index contributed by atoms with van der Waals surface area (Å²) in [4.78, 5) is 15.9. The van der Waals surface area contributed by atoms with Crippen molar-refractivity contribution >= 4 is 23.1 Å². The summed E-state index contributed by atoms with van der Waals surface area (Å²) < 4.78 is 5.22. The molecule has 0 bridgehead atoms. The lowest BCUT2D eigenvalue weighted by Crippen LogP contribution is -2.32. The highest BCUT2D eigenvalue weighted by molar-refractivity contribution is 7.09. The molecule has 0 fully saturated rings. The predicted molar refractivity (Wildman–Crippen MR) is 93.8 cm³/mol. The molecule has 0 spiro atoms. The molecule has 0 atom stereocenters. The number of anilines is 1. The van der Waals surface area contributed by atoms with Crippen LogP contribution in [-0.2, 0) is 17.7 Å². The Labute approximate surface area is 141 Å². The minimum Gasteiger partial charge on any atom is -0.444 e. The molecule has 0 aliphatic heterocycles. The number of thiazole rings is 1. The minimum atomic E-state index is -0.483. The lowest BCUT2D eigenvalue weighted by atomic mass is 10.2. The zero-order chi connectivity index (χ0) is 16.7. The summed E-state index contributed by atoms with van der Waals surface area (Å²) in [6, 6.07) is 7.99. The molecular weight excluding hydrogens is 310 g/mol. The molecule has 0 aliphatic carbocycles. The Bertz CT molecular complexity index is 621. The molecule has 2 rings (SSSR count). The summed E-state index contributed by atoms with van der Waals surface area (Å²) in [7, 11) is 0. The van der Waals surface area contributed by atoms with Crippen LogP contribution < -0.4 is 10.6 Å². The van der Waals surface area contributed by atoms with Crippen LogP contribution in [0.15, 0.2) is 35.8 Å². The maximum absolute atomic E-state index is 11.7. The third-order valence-electron chi connectivity index (χ3n) is 2.91. The van der Waals surface area contributed by atoms with Crippen molar-refractivity contribution in [1.82, 2.24) is 10.3 Å². The van der Waals surface area contributed by atoms with E-state index < -0.39 is 11.7 Å². The molecule has 0 radical (unpaired) electrons. The Hall–Kier alpha value is -2.08. The molecule has 0 aliphatic rings. The van der Waals surface area contributed by atoms with Gasteiger partial charge in [-0.3, -0.25) is 0 Å². The van der Waals surface area contributed by atoms with Gasteiger partial charge in [-0.15, -0.1) is 11.3 Å². The monoisotopic (exact) mass is 333 g/mol. The Balaban J connectivity index is 1.78. The number of benzene rings is 1. The average molecular weight is 333 g/mol. The van der Waals surface area contributed by atoms with E-state index in [0.717, 1.165) is 29.2 Å². The maximum atomic E-state index is 11.7. The number of alkyl carbamates (subject to hydrolysis) is 1. The van der Waals surface area contributed by atoms with E-state index in [2.05, 4.69) is 15.6 Å². The van der Waals surface area contributed by atoms with Crippen LogP contribution in [0.5, 0.6) is 0 Å². The van der Waals surface area contributed by atoms with Gasteiger partial charge in [0.15, 0.2) is 0 Å². The van der Waals surface area contributed by atoms with Gasteiger partial charge in [0, 0.05) is 36.8 Å². The van der Waals surface area contributed by atoms with Crippen LogP contribution in [0, 0.1) is 0 Å². The van der Waals surface area contributed by atoms with Gasteiger partial charge in [-0.05, 0) is 38.5 Å². The van der Waals surface area contributed by atoms with Crippen molar-refractivity contribution in [2.75, 3.05) is 11.9 Å². The lowest BCUT2D eigenvalue weighted by Gasteiger charge is -2.19. The molecule has 1 aromatic heterocycles. The van der Waals surface area contributed by atoms with E-state index >= 15 is 0 Å². The Kier molecular flexibility index (Phi) is 5.98. The fraction of sp³-hybridized carbons (Fsp3) is 0.412. The maximum Gasteiger partial charge on any atom is 0.407 e. The second-order valence-electron chi connectivity index (χ2n) is 6.16. The molecule has 1 amide bonds. The zero-order valence-electron chi connectivity index (χ0n) is 13.8. The normalized spacial score (nSPS) is 11.1. The molecule has 0 unspecified atom stereocenters. The number of nitrogens with one attached hydrogen (secondary N) is 2. The van der Waals surface area contributed by atoms with Crippen LogP contribution in [0.25, 0.3) is 0 Å². The van der Waals surface area contributed by atoms with E-state index in [1.807, 2.05) is 56.6 Å². The first kappa shape index (κ1) is 17.3. The van der Waals surface area contributed by atoms with Crippen molar-refractivity contribution in [2.45, 2.75) is 39.3 Å². The number of amides is 1. The van der Waals surface area contributed by atoms with Crippen molar-refractivity contribution in [2.24, 2.45) is 0 Å². The summed E-state index contributed by atoms with van der Waals surface area (Å²) in [5.74, 6) is 0. The average Bonchev–Trinajstić information content (AvgIpc) is 2.97. The molecule has 23 heavy (non-hydrogen) atoms. The molecule has 0 saturated carbocycles. The predicted octanol–water partition coefficient (Wildman–Crippen LogP) is 3.82. The number of aromatic nitrogens is 1. The van der Waals surface area contributed by atoms with Gasteiger partial charge in [-0.2, -0.15) is 0 Å². The van der Waals surface area contributed by atoms with Crippen molar-refractivity contribution in [3.63, 3.8) is 0 Å². The van der Waals surface area contributed by atoms with Crippen molar-refractivity contribution in [3.8, 4) is 0 Å². The first-order chi connectivity index (χ1) is 10.9. The molecule has 2 aromatic rings. The minimum absolute atomic E-state index is 0.403. The second kappa shape index (κ2) is 7.97. The van der Waals surface area contributed by atoms with Gasteiger partial charge in [0.2, 0.25) is 0 Å². The Morgan fingerprint density at radius 3 is 2.87 bits per heavy atom. The number of carbonyl (C=O) groups is 1. The number of carbonyl (C=O) groups excluding carboxylic acids is 1. The van der Waals surface area contributed by atoms with Crippen LogP contribution in [-0.4, -0.2) is 23.2 Å². The highest BCUT2D eigenvalue weighted by atomic mass is 32.1. The summed E-state index contributed by atoms with van der Waals surface area (Å²) in [5.41, 5.74) is 1.57. The van der Waals surface area contributed by atoms with Gasteiger partial charge in [-0.25, -0.2) is 9.78 Å². The largest absolute Gasteiger partial charge is 0.444 e. The number of hydrogen-bond acceptors (Lipinski definition) is 5. The first-order valence-electron chi connectivity index (χ1n) is 7.60. The molecule has 1 aromatic carbocycles. The molecule has 1 heterocycles. The quantitative estimate of drug-likeness (QED) is 0.843. The summed E-state index contributed by atoms with van der Waals surface area (Å²) in [5, 5.41) is 9.25. The van der Waals surface area contributed by atoms with Crippen LogP contribution in [0.1, 0.15) is 31.3 Å². The number of rotatable bonds is 6. The van der Waals surface area contributed by atoms with E-state index in [1.165, 1.54) is 0 Å². The topological polar surface area (TPSA) is 63.2 Å². The summed E-state index contributed by atoms with van der Waals surface area (Å²) in [6.45, 7) is 6.81. The molecular formula is C17H23N3O2S. The number of ether oxygens (including phenoxy) is 1. The van der Waals surface area contributed by atoms with Crippen LogP contribution in [0.3, 0.4) is 0 Å². The van der Waals surface area contributed by atoms with Gasteiger partial charge in [0.1, 0.15) is 5.60 Å². The van der Waals surface area contributed by atoms with Gasteiger partial charge in [-0.1, -0.05) is 12.1 Å². The fourth-order valence-electron chi connectivity index (χ4n) is 1.97. The summed E-state index contributed by atoms with van der Waals surface area (Å²) in [6.07, 6.45) is 2.32. The number of hydrogen-bond donors (Lipinski definition) is 2. The van der Waals surface area contributed by atoms with E-state index in [-0.39, 0.29) is 0 Å². The van der Waals surface area contributed by atoms with Crippen LogP contribution in [0.2, 0.25) is 0 Å². The molecule has 6 heteroatoms. The van der Waals surface area contributed by atoms with Gasteiger partial charge in [0.05, 0.1) is 5.01 Å². The fourth-order valence-corrected chi connectivity index (χ4v) is 2.59. The van der Waals surface area contributed by atoms with E-state index in [4.69, 9.17) is 4.74 Å². The van der Waals surface area contributed by atoms with E-state index in [1.54, 1.807) is 11.3 Å². The highest BCUT2D eigenvalue weighted by Crippen LogP contribution is 2.12. The molecule has 5 nitrogen and oxygen atoms in total. The third kappa shape index (κ3) is 6.69. The smallest absolute Gasteiger partial charge is 0.407 e. The van der Waals surface area contributed by atoms with Crippen LogP contribution in [0.4, 0.5) is 10.5 Å². The van der Waals surface area contributed by atoms with Crippen molar-refractivity contribution in [1.29, 1.82) is 0 Å². The number of nitrogens with zero attached hydrogens (tertiary/aromatic N) is 1. The van der Waals surface area contributed by atoms with Crippen LogP contribution >= 0.6 is 11.3 Å². The van der Waals surface area contributed by atoms with E-state index in [9.17, 15) is 4.79 Å². The molecule has 2 N–H and O–H groups in total. The Morgan fingerprint density at radius 2 is 2.17 bits per heavy atom. The third-order valence-corrected chi connectivity index (χ3v) is 3.75. The lowest BCUT2D eigenvalue weighted by molar-refractivity contribution is 0.0523. The van der Waals surface area contributed by atoms with E-state index in [0.29, 0.717) is 6.54 Å². The Morgan fingerprint density at radius 1 is 1.35 bits per heavy atom.